The van der Waals surface area contributed by atoms with Crippen LogP contribution in [0, 0.1) is 6.92 Å². The molecule has 1 unspecified atom stereocenters. The third kappa shape index (κ3) is 1.87. The number of nitrogens with two attached hydrogens (primary N) is 1. The van der Waals surface area contributed by atoms with Gasteiger partial charge in [0.05, 0.1) is 5.69 Å². The molecule has 5 heteroatoms. The minimum Gasteiger partial charge on any atom is -0.399 e. The van der Waals surface area contributed by atoms with Crippen molar-refractivity contribution < 1.29 is 4.79 Å². The molecule has 3 rings (SSSR count). The second-order valence-corrected chi connectivity index (χ2v) is 4.94. The van der Waals surface area contributed by atoms with Crippen LogP contribution in [0.1, 0.15) is 29.2 Å². The van der Waals surface area contributed by atoms with Gasteiger partial charge in [-0.3, -0.25) is 9.48 Å². The molecule has 2 heterocycles. The lowest BCUT2D eigenvalue weighted by Crippen LogP contribution is -2.24. The first-order valence-corrected chi connectivity index (χ1v) is 6.25. The van der Waals surface area contributed by atoms with E-state index in [4.69, 9.17) is 5.73 Å². The summed E-state index contributed by atoms with van der Waals surface area (Å²) in [7, 11) is 1.84. The normalized spacial score (nSPS) is 18.0. The molecule has 19 heavy (non-hydrogen) atoms. The Kier molecular flexibility index (Phi) is 2.55. The topological polar surface area (TPSA) is 72.9 Å². The van der Waals surface area contributed by atoms with E-state index in [0.717, 1.165) is 28.3 Å². The second-order valence-electron chi connectivity index (χ2n) is 4.94. The van der Waals surface area contributed by atoms with E-state index in [-0.39, 0.29) is 11.8 Å². The summed E-state index contributed by atoms with van der Waals surface area (Å²) in [5.41, 5.74) is 9.61. The molecule has 1 aromatic carbocycles. The molecule has 5 nitrogen and oxygen atoms in total. The molecule has 0 fully saturated rings. The monoisotopic (exact) mass is 256 g/mol. The van der Waals surface area contributed by atoms with Gasteiger partial charge < -0.3 is 11.1 Å². The lowest BCUT2D eigenvalue weighted by molar-refractivity contribution is -0.116. The van der Waals surface area contributed by atoms with Crippen molar-refractivity contribution in [2.45, 2.75) is 19.3 Å². The van der Waals surface area contributed by atoms with Crippen LogP contribution in [0.15, 0.2) is 24.3 Å². The number of nitrogens with one attached hydrogen (secondary N) is 1. The van der Waals surface area contributed by atoms with Crippen LogP contribution in [-0.2, 0) is 11.8 Å². The van der Waals surface area contributed by atoms with Crippen LogP contribution in [-0.4, -0.2) is 15.7 Å². The fourth-order valence-electron chi connectivity index (χ4n) is 2.72. The van der Waals surface area contributed by atoms with Crippen LogP contribution in [0.5, 0.6) is 0 Å². The summed E-state index contributed by atoms with van der Waals surface area (Å²) in [6.07, 6.45) is 0.448. The Hall–Kier alpha value is -2.30. The molecule has 0 radical (unpaired) electrons. The number of amides is 1. The summed E-state index contributed by atoms with van der Waals surface area (Å²) in [5.74, 6) is 0.881. The van der Waals surface area contributed by atoms with Gasteiger partial charge in [-0.2, -0.15) is 5.10 Å². The number of aryl methyl sites for hydroxylation is 2. The second kappa shape index (κ2) is 4.12. The molecule has 3 N–H and O–H groups in total. The van der Waals surface area contributed by atoms with Crippen LogP contribution in [0.25, 0.3) is 0 Å². The summed E-state index contributed by atoms with van der Waals surface area (Å²) < 4.78 is 1.73. The largest absolute Gasteiger partial charge is 0.399 e. The van der Waals surface area contributed by atoms with Crippen LogP contribution in [0.3, 0.4) is 0 Å². The zero-order valence-electron chi connectivity index (χ0n) is 11.0. The lowest BCUT2D eigenvalue weighted by atomic mass is 9.86. The van der Waals surface area contributed by atoms with E-state index in [0.29, 0.717) is 6.42 Å². The Morgan fingerprint density at radius 1 is 1.37 bits per heavy atom. The molecule has 1 atom stereocenters. The molecule has 0 saturated heterocycles. The van der Waals surface area contributed by atoms with Gasteiger partial charge in [-0.15, -0.1) is 0 Å². The van der Waals surface area contributed by atoms with Crippen molar-refractivity contribution in [2.75, 3.05) is 11.1 Å². The number of nitrogen functional groups attached to an aromatic ring is 1. The first-order chi connectivity index (χ1) is 9.06. The predicted octanol–water partition coefficient (Wildman–Crippen LogP) is 1.78. The number of aromatic nitrogens is 2. The number of benzene rings is 1. The Morgan fingerprint density at radius 3 is 2.74 bits per heavy atom. The SMILES string of the molecule is Cc1nn(C)c2c1C(c1ccc(N)cc1)CC(=O)N2. The third-order valence-electron chi connectivity index (χ3n) is 3.60. The van der Waals surface area contributed by atoms with Gasteiger partial charge in [-0.1, -0.05) is 12.1 Å². The quantitative estimate of drug-likeness (QED) is 0.764. The first-order valence-electron chi connectivity index (χ1n) is 6.25. The third-order valence-corrected chi connectivity index (χ3v) is 3.60. The average molecular weight is 256 g/mol. The highest BCUT2D eigenvalue weighted by atomic mass is 16.1. The number of carbonyl (C=O) groups is 1. The maximum atomic E-state index is 11.9. The molecule has 0 bridgehead atoms. The maximum absolute atomic E-state index is 11.9. The van der Waals surface area contributed by atoms with Crippen LogP contribution in [0.4, 0.5) is 11.5 Å². The minimum absolute atomic E-state index is 0.0253. The van der Waals surface area contributed by atoms with Crippen molar-refractivity contribution in [1.29, 1.82) is 0 Å². The fraction of sp³-hybridized carbons (Fsp3) is 0.286. The molecule has 0 aliphatic carbocycles. The minimum atomic E-state index is 0.0253. The molecule has 1 aromatic heterocycles. The summed E-state index contributed by atoms with van der Waals surface area (Å²) >= 11 is 0. The first kappa shape index (κ1) is 11.8. The number of hydrogen-bond donors (Lipinski definition) is 2. The van der Waals surface area contributed by atoms with E-state index in [2.05, 4.69) is 10.4 Å². The van der Waals surface area contributed by atoms with Gasteiger partial charge in [-0.25, -0.2) is 0 Å². The van der Waals surface area contributed by atoms with E-state index >= 15 is 0 Å². The number of rotatable bonds is 1. The standard InChI is InChI=1S/C14H16N4O/c1-8-13-11(9-3-5-10(15)6-4-9)7-12(19)16-14(13)18(2)17-8/h3-6,11H,7,15H2,1-2H3,(H,16,19). The summed E-state index contributed by atoms with van der Waals surface area (Å²) in [5, 5.41) is 7.29. The van der Waals surface area contributed by atoms with Gasteiger partial charge >= 0.3 is 0 Å². The van der Waals surface area contributed by atoms with E-state index in [1.807, 2.05) is 38.2 Å². The molecule has 1 amide bonds. The number of hydrogen-bond acceptors (Lipinski definition) is 3. The zero-order valence-corrected chi connectivity index (χ0v) is 11.0. The van der Waals surface area contributed by atoms with Crippen molar-refractivity contribution >= 4 is 17.4 Å². The Morgan fingerprint density at radius 2 is 2.05 bits per heavy atom. The molecule has 0 saturated carbocycles. The smallest absolute Gasteiger partial charge is 0.226 e. The van der Waals surface area contributed by atoms with E-state index in [1.54, 1.807) is 4.68 Å². The highest BCUT2D eigenvalue weighted by Gasteiger charge is 2.31. The Labute approximate surface area is 111 Å². The molecule has 0 spiro atoms. The summed E-state index contributed by atoms with van der Waals surface area (Å²) in [6.45, 7) is 1.97. The van der Waals surface area contributed by atoms with Gasteiger partial charge in [0, 0.05) is 30.6 Å². The van der Waals surface area contributed by atoms with Crippen LogP contribution in [0.2, 0.25) is 0 Å². The zero-order chi connectivity index (χ0) is 13.6. The van der Waals surface area contributed by atoms with Crippen molar-refractivity contribution in [3.8, 4) is 0 Å². The van der Waals surface area contributed by atoms with E-state index < -0.39 is 0 Å². The lowest BCUT2D eigenvalue weighted by Gasteiger charge is -2.24. The molecule has 98 valence electrons. The maximum Gasteiger partial charge on any atom is 0.226 e. The van der Waals surface area contributed by atoms with Crippen molar-refractivity contribution in [1.82, 2.24) is 9.78 Å². The van der Waals surface area contributed by atoms with Gasteiger partial charge in [0.25, 0.3) is 0 Å². The van der Waals surface area contributed by atoms with Gasteiger partial charge in [0.15, 0.2) is 0 Å². The molecule has 1 aliphatic heterocycles. The fourth-order valence-corrected chi connectivity index (χ4v) is 2.72. The molecule has 2 aromatic rings. The van der Waals surface area contributed by atoms with Crippen molar-refractivity contribution in [3.05, 3.63) is 41.1 Å². The number of fused-ring (bicyclic) bond motifs is 1. The predicted molar refractivity (Wildman–Crippen MR) is 73.9 cm³/mol. The van der Waals surface area contributed by atoms with Gasteiger partial charge in [-0.05, 0) is 24.6 Å². The van der Waals surface area contributed by atoms with E-state index in [1.165, 1.54) is 0 Å². The number of anilines is 2. The number of nitrogens with zero attached hydrogens (tertiary/aromatic N) is 2. The summed E-state index contributed by atoms with van der Waals surface area (Å²) in [4.78, 5) is 11.9. The number of carbonyl (C=O) groups excluding carboxylic acids is 1. The molecular formula is C14H16N4O. The summed E-state index contributed by atoms with van der Waals surface area (Å²) in [6, 6.07) is 7.70. The van der Waals surface area contributed by atoms with Crippen LogP contribution < -0.4 is 11.1 Å². The van der Waals surface area contributed by atoms with Gasteiger partial charge in [0.2, 0.25) is 5.91 Å². The average Bonchev–Trinajstić information content (AvgIpc) is 2.65. The highest BCUT2D eigenvalue weighted by Crippen LogP contribution is 2.38. The molecule has 1 aliphatic rings. The van der Waals surface area contributed by atoms with Crippen molar-refractivity contribution in [3.63, 3.8) is 0 Å². The highest BCUT2D eigenvalue weighted by molar-refractivity contribution is 5.94. The van der Waals surface area contributed by atoms with Crippen molar-refractivity contribution in [2.24, 2.45) is 7.05 Å². The van der Waals surface area contributed by atoms with Gasteiger partial charge in [0.1, 0.15) is 5.82 Å². The molecular weight excluding hydrogens is 240 g/mol. The Balaban J connectivity index is 2.13. The van der Waals surface area contributed by atoms with Crippen LogP contribution >= 0.6 is 0 Å². The van der Waals surface area contributed by atoms with E-state index in [9.17, 15) is 4.79 Å². The Bertz CT molecular complexity index is 642.